The molecule has 2 aromatic carbocycles. The summed E-state index contributed by atoms with van der Waals surface area (Å²) in [5.74, 6) is 0.968. The molecule has 1 N–H and O–H groups in total. The maximum atomic E-state index is 12.9. The van der Waals surface area contributed by atoms with Crippen LogP contribution in [0.1, 0.15) is 36.2 Å². The molecule has 33 heavy (non-hydrogen) atoms. The Hall–Kier alpha value is -2.56. The van der Waals surface area contributed by atoms with Gasteiger partial charge < -0.3 is 14.2 Å². The number of hydrazine groups is 1. The number of amides is 2. The molecule has 1 saturated heterocycles. The molecule has 0 aliphatic carbocycles. The van der Waals surface area contributed by atoms with Crippen molar-refractivity contribution in [1.29, 1.82) is 0 Å². The number of nitrogens with one attached hydrogen (secondary N) is 1. The number of methoxy groups -OCH3 is 1. The van der Waals surface area contributed by atoms with Gasteiger partial charge in [-0.3, -0.25) is 15.0 Å². The smallest absolute Gasteiger partial charge is 0.285 e. The third-order valence-corrected chi connectivity index (χ3v) is 6.33. The lowest BCUT2D eigenvalue weighted by Gasteiger charge is -2.16. The quantitative estimate of drug-likeness (QED) is 0.340. The maximum Gasteiger partial charge on any atom is 0.285 e. The van der Waals surface area contributed by atoms with Gasteiger partial charge in [-0.1, -0.05) is 18.7 Å². The Kier molecular flexibility index (Phi) is 8.76. The van der Waals surface area contributed by atoms with Crippen LogP contribution in [-0.2, 0) is 4.79 Å². The van der Waals surface area contributed by atoms with Crippen LogP contribution in [0.4, 0.5) is 0 Å². The number of thioether (sulfide) groups is 1. The van der Waals surface area contributed by atoms with E-state index in [0.29, 0.717) is 40.9 Å². The van der Waals surface area contributed by atoms with E-state index < -0.39 is 11.8 Å². The van der Waals surface area contributed by atoms with Crippen molar-refractivity contribution in [2.45, 2.75) is 20.3 Å². The highest BCUT2D eigenvalue weighted by Gasteiger charge is 2.34. The highest BCUT2D eigenvalue weighted by atomic mass is 79.9. The van der Waals surface area contributed by atoms with E-state index in [4.69, 9.17) is 26.4 Å². The van der Waals surface area contributed by atoms with Crippen molar-refractivity contribution in [3.05, 3.63) is 56.9 Å². The number of carbonyl (C=O) groups excluding carboxylic acids is 2. The Morgan fingerprint density at radius 2 is 1.94 bits per heavy atom. The first-order valence-electron chi connectivity index (χ1n) is 10.2. The molecule has 174 valence electrons. The highest BCUT2D eigenvalue weighted by Crippen LogP contribution is 2.39. The van der Waals surface area contributed by atoms with Crippen LogP contribution in [0.3, 0.4) is 0 Å². The van der Waals surface area contributed by atoms with Crippen molar-refractivity contribution in [3.8, 4) is 17.2 Å². The van der Waals surface area contributed by atoms with E-state index in [-0.39, 0.29) is 4.32 Å². The molecule has 2 amide bonds. The molecule has 1 aliphatic heterocycles. The average Bonchev–Trinajstić information content (AvgIpc) is 3.06. The molecule has 0 spiro atoms. The van der Waals surface area contributed by atoms with E-state index in [2.05, 4.69) is 21.4 Å². The molecule has 2 aromatic rings. The first kappa shape index (κ1) is 25.1. The van der Waals surface area contributed by atoms with Crippen LogP contribution in [-0.4, -0.2) is 41.5 Å². The Balaban J connectivity index is 1.80. The van der Waals surface area contributed by atoms with E-state index in [9.17, 15) is 9.59 Å². The fourth-order valence-electron chi connectivity index (χ4n) is 2.90. The number of halogens is 1. The van der Waals surface area contributed by atoms with Crippen LogP contribution in [0.15, 0.2) is 45.8 Å². The number of rotatable bonds is 9. The molecule has 0 saturated carbocycles. The van der Waals surface area contributed by atoms with Gasteiger partial charge in [0.25, 0.3) is 11.8 Å². The van der Waals surface area contributed by atoms with Gasteiger partial charge in [0.1, 0.15) is 5.75 Å². The van der Waals surface area contributed by atoms with Crippen LogP contribution in [0.5, 0.6) is 17.2 Å². The normalized spacial score (nSPS) is 14.5. The van der Waals surface area contributed by atoms with E-state index in [1.54, 1.807) is 37.5 Å². The van der Waals surface area contributed by atoms with Gasteiger partial charge in [0, 0.05) is 5.56 Å². The van der Waals surface area contributed by atoms with Gasteiger partial charge >= 0.3 is 0 Å². The van der Waals surface area contributed by atoms with Gasteiger partial charge in [0.2, 0.25) is 0 Å². The summed E-state index contributed by atoms with van der Waals surface area (Å²) in [6.45, 7) is 4.95. The van der Waals surface area contributed by atoms with Gasteiger partial charge in [-0.15, -0.1) is 0 Å². The number of thiocarbonyl (C=S) groups is 1. The van der Waals surface area contributed by atoms with Gasteiger partial charge in [0.15, 0.2) is 15.8 Å². The first-order valence-corrected chi connectivity index (χ1v) is 12.2. The molecule has 0 atom stereocenters. The third kappa shape index (κ3) is 6.07. The Labute approximate surface area is 210 Å². The number of ether oxygens (including phenoxy) is 3. The average molecular weight is 551 g/mol. The van der Waals surface area contributed by atoms with Crippen molar-refractivity contribution < 1.29 is 23.8 Å². The maximum absolute atomic E-state index is 12.9. The summed E-state index contributed by atoms with van der Waals surface area (Å²) in [6.07, 6.45) is 2.57. The molecule has 3 rings (SSSR count). The number of benzene rings is 2. The van der Waals surface area contributed by atoms with Crippen LogP contribution < -0.4 is 19.6 Å². The molecule has 1 aliphatic rings. The minimum Gasteiger partial charge on any atom is -0.497 e. The lowest BCUT2D eigenvalue weighted by molar-refractivity contribution is -0.123. The molecule has 1 heterocycles. The fourth-order valence-corrected chi connectivity index (χ4v) is 4.66. The fraction of sp³-hybridized carbons (Fsp3) is 0.261. The Morgan fingerprint density at radius 1 is 1.21 bits per heavy atom. The largest absolute Gasteiger partial charge is 0.497 e. The summed E-state index contributed by atoms with van der Waals surface area (Å²) in [5.41, 5.74) is 3.68. The summed E-state index contributed by atoms with van der Waals surface area (Å²) < 4.78 is 17.6. The molecule has 0 unspecified atom stereocenters. The molecule has 0 radical (unpaired) electrons. The SMILES string of the molecule is CCCOc1c(Br)cc(C=C2SC(=S)N(NC(=O)c3ccc(OC)cc3)C2=O)cc1OCC. The molecule has 7 nitrogen and oxygen atoms in total. The van der Waals surface area contributed by atoms with E-state index >= 15 is 0 Å². The molecule has 0 aromatic heterocycles. The molecular weight excluding hydrogens is 528 g/mol. The van der Waals surface area contributed by atoms with E-state index in [1.165, 1.54) is 0 Å². The summed E-state index contributed by atoms with van der Waals surface area (Å²) in [5, 5.41) is 1.08. The number of carbonyl (C=O) groups is 2. The van der Waals surface area contributed by atoms with Gasteiger partial charge in [-0.25, -0.2) is 0 Å². The first-order chi connectivity index (χ1) is 15.9. The van der Waals surface area contributed by atoms with Crippen molar-refractivity contribution in [2.24, 2.45) is 0 Å². The molecular formula is C23H23BrN2O5S2. The zero-order valence-electron chi connectivity index (χ0n) is 18.3. The monoisotopic (exact) mass is 550 g/mol. The molecule has 10 heteroatoms. The Bertz CT molecular complexity index is 1090. The van der Waals surface area contributed by atoms with Crippen molar-refractivity contribution >= 4 is 62.1 Å². The summed E-state index contributed by atoms with van der Waals surface area (Å²) in [7, 11) is 1.54. The highest BCUT2D eigenvalue weighted by molar-refractivity contribution is 9.10. The van der Waals surface area contributed by atoms with Crippen LogP contribution in [0.25, 0.3) is 6.08 Å². The lowest BCUT2D eigenvalue weighted by Crippen LogP contribution is -2.44. The van der Waals surface area contributed by atoms with Crippen LogP contribution >= 0.6 is 39.9 Å². The minimum absolute atomic E-state index is 0.236. The second kappa shape index (κ2) is 11.5. The van der Waals surface area contributed by atoms with E-state index in [1.807, 2.05) is 26.0 Å². The van der Waals surface area contributed by atoms with Gasteiger partial charge in [0.05, 0.1) is 29.7 Å². The minimum atomic E-state index is -0.450. The van der Waals surface area contributed by atoms with E-state index in [0.717, 1.165) is 33.2 Å². The predicted octanol–water partition coefficient (Wildman–Crippen LogP) is 5.19. The lowest BCUT2D eigenvalue weighted by atomic mass is 10.2. The Morgan fingerprint density at radius 3 is 2.58 bits per heavy atom. The topological polar surface area (TPSA) is 77.1 Å². The van der Waals surface area contributed by atoms with Crippen molar-refractivity contribution in [3.63, 3.8) is 0 Å². The van der Waals surface area contributed by atoms with Crippen molar-refractivity contribution in [2.75, 3.05) is 20.3 Å². The van der Waals surface area contributed by atoms with Crippen LogP contribution in [0.2, 0.25) is 0 Å². The number of hydrogen-bond acceptors (Lipinski definition) is 7. The number of hydrogen-bond donors (Lipinski definition) is 1. The second-order valence-electron chi connectivity index (χ2n) is 6.80. The summed E-state index contributed by atoms with van der Waals surface area (Å²) in [6, 6.07) is 10.2. The van der Waals surface area contributed by atoms with Gasteiger partial charge in [-0.05, 0) is 89.5 Å². The molecule has 0 bridgehead atoms. The number of nitrogens with zero attached hydrogens (tertiary/aromatic N) is 1. The molecule has 1 fully saturated rings. The zero-order valence-corrected chi connectivity index (χ0v) is 21.6. The summed E-state index contributed by atoms with van der Waals surface area (Å²) >= 11 is 9.96. The van der Waals surface area contributed by atoms with Crippen molar-refractivity contribution in [1.82, 2.24) is 10.4 Å². The predicted molar refractivity (Wildman–Crippen MR) is 137 cm³/mol. The zero-order chi connectivity index (χ0) is 24.0. The second-order valence-corrected chi connectivity index (χ2v) is 9.33. The van der Waals surface area contributed by atoms with Gasteiger partial charge in [-0.2, -0.15) is 5.01 Å². The standard InChI is InChI=1S/C23H23BrN2O5S2/c1-4-10-31-20-17(24)11-14(12-18(20)30-5-2)13-19-22(28)26(23(32)33-19)25-21(27)15-6-8-16(29-3)9-7-15/h6-9,11-13H,4-5,10H2,1-3H3,(H,25,27). The van der Waals surface area contributed by atoms with Crippen LogP contribution in [0, 0.1) is 0 Å². The third-order valence-electron chi connectivity index (χ3n) is 4.44. The summed E-state index contributed by atoms with van der Waals surface area (Å²) in [4.78, 5) is 25.9.